The maximum Gasteiger partial charge on any atom is 0.433 e. The maximum absolute atomic E-state index is 12.5. The van der Waals surface area contributed by atoms with Crippen LogP contribution < -0.4 is 5.01 Å². The summed E-state index contributed by atoms with van der Waals surface area (Å²) in [6.45, 7) is 5.52. The van der Waals surface area contributed by atoms with Crippen LogP contribution in [0.25, 0.3) is 0 Å². The van der Waals surface area contributed by atoms with E-state index in [2.05, 4.69) is 21.8 Å². The largest absolute Gasteiger partial charge is 0.433 e. The van der Waals surface area contributed by atoms with Crippen molar-refractivity contribution in [2.24, 2.45) is 10.1 Å². The van der Waals surface area contributed by atoms with E-state index >= 15 is 0 Å². The Kier molecular flexibility index (Phi) is 5.59. The van der Waals surface area contributed by atoms with Gasteiger partial charge in [0, 0.05) is 25.3 Å². The molecule has 8 heteroatoms. The third-order valence-electron chi connectivity index (χ3n) is 2.90. The van der Waals surface area contributed by atoms with Gasteiger partial charge in [-0.3, -0.25) is 4.99 Å². The Morgan fingerprint density at radius 2 is 2.26 bits per heavy atom. The van der Waals surface area contributed by atoms with Gasteiger partial charge in [-0.05, 0) is 36.0 Å². The average molecular weight is 340 g/mol. The van der Waals surface area contributed by atoms with Gasteiger partial charge >= 0.3 is 6.18 Å². The van der Waals surface area contributed by atoms with Gasteiger partial charge in [0.1, 0.15) is 5.70 Å². The van der Waals surface area contributed by atoms with Crippen molar-refractivity contribution in [1.82, 2.24) is 4.98 Å². The highest BCUT2D eigenvalue weighted by molar-refractivity contribution is 7.99. The van der Waals surface area contributed by atoms with Gasteiger partial charge in [0.25, 0.3) is 0 Å². The lowest BCUT2D eigenvalue weighted by atomic mass is 10.1. The summed E-state index contributed by atoms with van der Waals surface area (Å²) >= 11 is 1.60. The van der Waals surface area contributed by atoms with Crippen molar-refractivity contribution in [3.8, 4) is 0 Å². The molecule has 122 valence electrons. The summed E-state index contributed by atoms with van der Waals surface area (Å²) in [6, 6.07) is 3.72. The van der Waals surface area contributed by atoms with Crippen LogP contribution in [0.15, 0.2) is 56.9 Å². The third-order valence-corrected chi connectivity index (χ3v) is 3.82. The molecule has 23 heavy (non-hydrogen) atoms. The minimum Gasteiger partial charge on any atom is -0.252 e. The van der Waals surface area contributed by atoms with Crippen LogP contribution in [-0.4, -0.2) is 29.8 Å². The lowest BCUT2D eigenvalue weighted by molar-refractivity contribution is -0.0925. The second-order valence-electron chi connectivity index (χ2n) is 4.50. The van der Waals surface area contributed by atoms with Crippen molar-refractivity contribution in [2.75, 3.05) is 10.8 Å². The first kappa shape index (κ1) is 17.3. The zero-order valence-corrected chi connectivity index (χ0v) is 13.2. The highest BCUT2D eigenvalue weighted by Gasteiger charge is 2.34. The fraction of sp³-hybridized carbons (Fsp3) is 0.267. The second kappa shape index (κ2) is 7.45. The van der Waals surface area contributed by atoms with E-state index < -0.39 is 11.9 Å². The molecule has 1 aromatic heterocycles. The molecule has 0 bridgehead atoms. The Hall–Kier alpha value is -2.09. The van der Waals surface area contributed by atoms with E-state index in [0.717, 1.165) is 16.7 Å². The molecule has 1 aromatic rings. The number of rotatable bonds is 5. The molecule has 0 amide bonds. The number of hydrogen-bond donors (Lipinski definition) is 0. The summed E-state index contributed by atoms with van der Waals surface area (Å²) in [6.07, 6.45) is 1.14. The fourth-order valence-electron chi connectivity index (χ4n) is 1.90. The number of pyridine rings is 1. The molecule has 0 unspecified atom stereocenters. The van der Waals surface area contributed by atoms with Crippen LogP contribution in [-0.2, 0) is 0 Å². The van der Waals surface area contributed by atoms with Gasteiger partial charge in [0.05, 0.1) is 4.90 Å². The molecule has 1 aliphatic heterocycles. The molecule has 4 nitrogen and oxygen atoms in total. The van der Waals surface area contributed by atoms with E-state index in [1.54, 1.807) is 24.2 Å². The van der Waals surface area contributed by atoms with Crippen molar-refractivity contribution in [2.45, 2.75) is 24.4 Å². The number of allylic oxidation sites excluding steroid dienone is 3. The molecule has 0 spiro atoms. The summed E-state index contributed by atoms with van der Waals surface area (Å²) in [7, 11) is 0. The fourth-order valence-corrected chi connectivity index (χ4v) is 2.66. The van der Waals surface area contributed by atoms with Crippen molar-refractivity contribution >= 4 is 30.5 Å². The highest BCUT2D eigenvalue weighted by Crippen LogP contribution is 2.31. The Balaban J connectivity index is 2.23. The van der Waals surface area contributed by atoms with E-state index in [9.17, 15) is 13.2 Å². The Morgan fingerprint density at radius 1 is 1.48 bits per heavy atom. The Bertz CT molecular complexity index is 665. The number of nitrogens with zero attached hydrogens (tertiary/aromatic N) is 4. The lowest BCUT2D eigenvalue weighted by Crippen LogP contribution is -2.15. The van der Waals surface area contributed by atoms with Crippen LogP contribution in [0.5, 0.6) is 0 Å². The first-order valence-corrected chi connectivity index (χ1v) is 7.80. The van der Waals surface area contributed by atoms with Gasteiger partial charge in [0.2, 0.25) is 0 Å². The standard InChI is InChI=1S/C15H15F3N4S/c1-3-23-12-5-4-8-20-14(12)22(19-2)10-11-6-7-13(21-9-11)15(16,17)18/h4-5,7-10H,2-3,6H2,1H3/b11-10+. The predicted octanol–water partition coefficient (Wildman–Crippen LogP) is 4.42. The summed E-state index contributed by atoms with van der Waals surface area (Å²) in [5.74, 6) is 1.44. The van der Waals surface area contributed by atoms with Crippen LogP contribution in [0.3, 0.4) is 0 Å². The molecule has 0 saturated carbocycles. The monoisotopic (exact) mass is 340 g/mol. The molecule has 0 atom stereocenters. The van der Waals surface area contributed by atoms with Gasteiger partial charge < -0.3 is 0 Å². The summed E-state index contributed by atoms with van der Waals surface area (Å²) in [4.78, 5) is 8.64. The van der Waals surface area contributed by atoms with Crippen LogP contribution >= 0.6 is 11.8 Å². The smallest absolute Gasteiger partial charge is 0.252 e. The van der Waals surface area contributed by atoms with Crippen LogP contribution in [0.1, 0.15) is 13.3 Å². The zero-order valence-electron chi connectivity index (χ0n) is 12.4. The molecule has 0 fully saturated rings. The molecular formula is C15H15F3N4S. The van der Waals surface area contributed by atoms with Gasteiger partial charge in [-0.15, -0.1) is 11.8 Å². The van der Waals surface area contributed by atoms with E-state index in [4.69, 9.17) is 0 Å². The first-order valence-electron chi connectivity index (χ1n) is 6.81. The van der Waals surface area contributed by atoms with Crippen LogP contribution in [0.4, 0.5) is 19.0 Å². The second-order valence-corrected chi connectivity index (χ2v) is 5.80. The van der Waals surface area contributed by atoms with Gasteiger partial charge in [0.15, 0.2) is 5.82 Å². The van der Waals surface area contributed by atoms with Gasteiger partial charge in [-0.2, -0.15) is 18.3 Å². The van der Waals surface area contributed by atoms with Crippen molar-refractivity contribution in [3.63, 3.8) is 0 Å². The lowest BCUT2D eigenvalue weighted by Gasteiger charge is -2.18. The maximum atomic E-state index is 12.5. The molecule has 1 aliphatic rings. The number of hydrogen-bond acceptors (Lipinski definition) is 5. The number of thioether (sulfide) groups is 1. The van der Waals surface area contributed by atoms with Crippen molar-refractivity contribution in [3.05, 3.63) is 41.9 Å². The molecule has 0 aromatic carbocycles. The normalized spacial score (nSPS) is 16.3. The molecule has 2 heterocycles. The summed E-state index contributed by atoms with van der Waals surface area (Å²) < 4.78 is 37.6. The number of aliphatic imine (C=N–C) groups is 1. The van der Waals surface area contributed by atoms with E-state index in [0.29, 0.717) is 11.4 Å². The van der Waals surface area contributed by atoms with Crippen LogP contribution in [0.2, 0.25) is 0 Å². The van der Waals surface area contributed by atoms with Crippen LogP contribution in [0, 0.1) is 0 Å². The number of alkyl halides is 3. The quantitative estimate of drug-likeness (QED) is 0.453. The molecule has 0 aliphatic carbocycles. The first-order chi connectivity index (χ1) is 11.0. The minimum absolute atomic E-state index is 0.119. The zero-order chi connectivity index (χ0) is 16.9. The average Bonchev–Trinajstić information content (AvgIpc) is 2.53. The van der Waals surface area contributed by atoms with E-state index in [1.165, 1.54) is 11.2 Å². The number of halogens is 3. The molecule has 2 rings (SSSR count). The van der Waals surface area contributed by atoms with Gasteiger partial charge in [-0.25, -0.2) is 9.99 Å². The van der Waals surface area contributed by atoms with E-state index in [1.807, 2.05) is 19.1 Å². The summed E-state index contributed by atoms with van der Waals surface area (Å²) in [5.41, 5.74) is -0.295. The molecular weight excluding hydrogens is 325 g/mol. The van der Waals surface area contributed by atoms with Crippen molar-refractivity contribution in [1.29, 1.82) is 0 Å². The molecule has 0 saturated heterocycles. The Labute approximate surface area is 136 Å². The minimum atomic E-state index is -4.43. The molecule has 0 N–H and O–H groups in total. The SMILES string of the molecule is C=NN(/C=C1/C=NC(C(F)(F)F)=CC1)c1ncccc1SCC. The molecule has 0 radical (unpaired) electrons. The topological polar surface area (TPSA) is 40.9 Å². The predicted molar refractivity (Wildman–Crippen MR) is 88.0 cm³/mol. The van der Waals surface area contributed by atoms with Crippen molar-refractivity contribution < 1.29 is 13.2 Å². The van der Waals surface area contributed by atoms with E-state index in [-0.39, 0.29) is 6.42 Å². The highest BCUT2D eigenvalue weighted by atomic mass is 32.2. The van der Waals surface area contributed by atoms with Gasteiger partial charge in [-0.1, -0.05) is 6.92 Å². The number of aromatic nitrogens is 1. The number of anilines is 1. The Morgan fingerprint density at radius 3 is 2.83 bits per heavy atom. The third kappa shape index (κ3) is 4.44. The summed E-state index contributed by atoms with van der Waals surface area (Å²) in [5, 5.41) is 5.34. The number of hydrazone groups is 1.